The molecule has 9 heteroatoms. The number of nitrogens with zero attached hydrogens (tertiary/aromatic N) is 4. The van der Waals surface area contributed by atoms with E-state index in [1.807, 2.05) is 38.1 Å². The minimum absolute atomic E-state index is 0.0375. The molecule has 0 saturated carbocycles. The standard InChI is InChI=1S/C26H19Cl3N4O2/c1-15(2)35-22-6-4-3-5-21(22)32-14-30-23-25(32)31-24(19-12-9-17(28)13-20(19)29)33(26(23)34)18-10-7-16(27)8-11-18/h3-15H,1-2H3. The van der Waals surface area contributed by atoms with E-state index in [0.717, 1.165) is 0 Å². The van der Waals surface area contributed by atoms with Gasteiger partial charge >= 0.3 is 0 Å². The quantitative estimate of drug-likeness (QED) is 0.248. The van der Waals surface area contributed by atoms with E-state index in [4.69, 9.17) is 44.5 Å². The Hall–Kier alpha value is -3.32. The van der Waals surface area contributed by atoms with Crippen molar-refractivity contribution in [1.29, 1.82) is 0 Å². The van der Waals surface area contributed by atoms with Crippen LogP contribution in [-0.2, 0) is 0 Å². The molecule has 2 aromatic heterocycles. The molecule has 0 N–H and O–H groups in total. The van der Waals surface area contributed by atoms with E-state index >= 15 is 0 Å². The average molecular weight is 526 g/mol. The lowest BCUT2D eigenvalue weighted by molar-refractivity contribution is 0.242. The van der Waals surface area contributed by atoms with Crippen LogP contribution in [0, 0.1) is 0 Å². The first-order valence-corrected chi connectivity index (χ1v) is 11.9. The van der Waals surface area contributed by atoms with Crippen LogP contribution in [0.2, 0.25) is 15.1 Å². The van der Waals surface area contributed by atoms with Crippen LogP contribution >= 0.6 is 34.8 Å². The minimum Gasteiger partial charge on any atom is -0.489 e. The smallest absolute Gasteiger partial charge is 0.286 e. The second-order valence-corrected chi connectivity index (χ2v) is 9.38. The zero-order chi connectivity index (χ0) is 24.7. The summed E-state index contributed by atoms with van der Waals surface area (Å²) in [4.78, 5) is 23.1. The Balaban J connectivity index is 1.84. The van der Waals surface area contributed by atoms with Gasteiger partial charge in [0.15, 0.2) is 17.0 Å². The lowest BCUT2D eigenvalue weighted by Crippen LogP contribution is -2.22. The minimum atomic E-state index is -0.348. The predicted molar refractivity (Wildman–Crippen MR) is 141 cm³/mol. The number of rotatable bonds is 5. The van der Waals surface area contributed by atoms with Crippen LogP contribution in [0.4, 0.5) is 0 Å². The highest BCUT2D eigenvalue weighted by atomic mass is 35.5. The molecule has 5 aromatic rings. The molecule has 3 aromatic carbocycles. The van der Waals surface area contributed by atoms with Gasteiger partial charge in [0.05, 0.1) is 22.5 Å². The second-order valence-electron chi connectivity index (χ2n) is 8.10. The van der Waals surface area contributed by atoms with E-state index < -0.39 is 0 Å². The number of fused-ring (bicyclic) bond motifs is 1. The molecule has 0 radical (unpaired) electrons. The summed E-state index contributed by atoms with van der Waals surface area (Å²) >= 11 is 18.8. The molecule has 176 valence electrons. The van der Waals surface area contributed by atoms with Crippen molar-refractivity contribution in [2.24, 2.45) is 0 Å². The van der Waals surface area contributed by atoms with Gasteiger partial charge in [0.25, 0.3) is 5.56 Å². The number of ether oxygens (including phenoxy) is 1. The van der Waals surface area contributed by atoms with Crippen molar-refractivity contribution in [2.75, 3.05) is 0 Å². The molecule has 5 rings (SSSR count). The summed E-state index contributed by atoms with van der Waals surface area (Å²) in [6.07, 6.45) is 1.53. The Morgan fingerprint density at radius 3 is 2.34 bits per heavy atom. The lowest BCUT2D eigenvalue weighted by Gasteiger charge is -2.16. The second kappa shape index (κ2) is 9.38. The maximum atomic E-state index is 13.8. The highest BCUT2D eigenvalue weighted by Crippen LogP contribution is 2.32. The van der Waals surface area contributed by atoms with Crippen LogP contribution in [0.15, 0.2) is 77.9 Å². The van der Waals surface area contributed by atoms with Gasteiger partial charge in [-0.3, -0.25) is 13.9 Å². The number of hydrogen-bond acceptors (Lipinski definition) is 4. The fourth-order valence-corrected chi connectivity index (χ4v) is 4.44. The van der Waals surface area contributed by atoms with Gasteiger partial charge in [0.2, 0.25) is 0 Å². The molecule has 0 aliphatic heterocycles. The molecular weight excluding hydrogens is 507 g/mol. The summed E-state index contributed by atoms with van der Waals surface area (Å²) in [6, 6.07) is 19.5. The van der Waals surface area contributed by atoms with Crippen molar-refractivity contribution >= 4 is 46.0 Å². The summed E-state index contributed by atoms with van der Waals surface area (Å²) in [6.45, 7) is 3.90. The summed E-state index contributed by atoms with van der Waals surface area (Å²) in [5, 5.41) is 1.39. The third kappa shape index (κ3) is 4.41. The maximum absolute atomic E-state index is 13.8. The summed E-state index contributed by atoms with van der Waals surface area (Å²) in [7, 11) is 0. The van der Waals surface area contributed by atoms with Crippen LogP contribution in [0.1, 0.15) is 13.8 Å². The number of benzene rings is 3. The van der Waals surface area contributed by atoms with Crippen LogP contribution in [-0.4, -0.2) is 25.2 Å². The lowest BCUT2D eigenvalue weighted by atomic mass is 10.2. The highest BCUT2D eigenvalue weighted by Gasteiger charge is 2.21. The fourth-order valence-electron chi connectivity index (χ4n) is 3.82. The number of aromatic nitrogens is 4. The summed E-state index contributed by atoms with van der Waals surface area (Å²) < 4.78 is 9.21. The molecule has 0 fully saturated rings. The number of imidazole rings is 1. The predicted octanol–water partition coefficient (Wildman–Crippen LogP) is 6.99. The largest absolute Gasteiger partial charge is 0.489 e. The Labute approximate surface area is 216 Å². The maximum Gasteiger partial charge on any atom is 0.286 e. The molecule has 0 aliphatic carbocycles. The van der Waals surface area contributed by atoms with Gasteiger partial charge in [0, 0.05) is 15.6 Å². The zero-order valence-electron chi connectivity index (χ0n) is 18.7. The molecule has 0 amide bonds. The van der Waals surface area contributed by atoms with Crippen molar-refractivity contribution in [3.8, 4) is 28.5 Å². The molecule has 2 heterocycles. The van der Waals surface area contributed by atoms with Crippen molar-refractivity contribution in [1.82, 2.24) is 19.1 Å². The topological polar surface area (TPSA) is 61.9 Å². The number of halogens is 3. The molecule has 0 unspecified atom stereocenters. The number of para-hydroxylation sites is 2. The van der Waals surface area contributed by atoms with Gasteiger partial charge in [0.1, 0.15) is 12.1 Å². The van der Waals surface area contributed by atoms with Crippen LogP contribution < -0.4 is 10.3 Å². The molecular formula is C26H19Cl3N4O2. The van der Waals surface area contributed by atoms with Crippen LogP contribution in [0.5, 0.6) is 5.75 Å². The van der Waals surface area contributed by atoms with E-state index in [2.05, 4.69) is 4.98 Å². The number of hydrogen-bond donors (Lipinski definition) is 0. The fraction of sp³-hybridized carbons (Fsp3) is 0.115. The molecule has 0 aliphatic rings. The third-order valence-electron chi connectivity index (χ3n) is 5.32. The zero-order valence-corrected chi connectivity index (χ0v) is 21.0. The SMILES string of the molecule is CC(C)Oc1ccccc1-n1cnc2c(=O)n(-c3ccc(Cl)cc3)c(-c3ccc(Cl)cc3Cl)nc21. The molecule has 0 saturated heterocycles. The van der Waals surface area contributed by atoms with E-state index in [-0.39, 0.29) is 17.2 Å². The molecule has 0 atom stereocenters. The summed E-state index contributed by atoms with van der Waals surface area (Å²) in [5.74, 6) is 0.993. The van der Waals surface area contributed by atoms with E-state index in [1.165, 1.54) is 4.57 Å². The Kier molecular flexibility index (Phi) is 6.28. The van der Waals surface area contributed by atoms with Crippen molar-refractivity contribution < 1.29 is 4.74 Å². The van der Waals surface area contributed by atoms with E-state index in [0.29, 0.717) is 49.2 Å². The van der Waals surface area contributed by atoms with Gasteiger partial charge in [-0.25, -0.2) is 9.97 Å². The van der Waals surface area contributed by atoms with Gasteiger partial charge < -0.3 is 4.74 Å². The van der Waals surface area contributed by atoms with Crippen molar-refractivity contribution in [2.45, 2.75) is 20.0 Å². The van der Waals surface area contributed by atoms with Crippen LogP contribution in [0.25, 0.3) is 33.9 Å². The first-order chi connectivity index (χ1) is 16.8. The molecule has 6 nitrogen and oxygen atoms in total. The Bertz CT molecular complexity index is 1610. The average Bonchev–Trinajstić information content (AvgIpc) is 3.24. The molecule has 35 heavy (non-hydrogen) atoms. The monoisotopic (exact) mass is 524 g/mol. The van der Waals surface area contributed by atoms with Crippen molar-refractivity contribution in [3.63, 3.8) is 0 Å². The first-order valence-electron chi connectivity index (χ1n) is 10.8. The third-order valence-corrected chi connectivity index (χ3v) is 6.12. The summed E-state index contributed by atoms with van der Waals surface area (Å²) in [5.41, 5.74) is 2.07. The van der Waals surface area contributed by atoms with Gasteiger partial charge in [-0.1, -0.05) is 46.9 Å². The van der Waals surface area contributed by atoms with Crippen molar-refractivity contribution in [3.05, 3.63) is 98.5 Å². The van der Waals surface area contributed by atoms with Gasteiger partial charge in [-0.15, -0.1) is 0 Å². The Morgan fingerprint density at radius 2 is 1.63 bits per heavy atom. The Morgan fingerprint density at radius 1 is 0.914 bits per heavy atom. The first kappa shape index (κ1) is 23.4. The van der Waals surface area contributed by atoms with E-state index in [9.17, 15) is 4.79 Å². The van der Waals surface area contributed by atoms with Gasteiger partial charge in [-0.05, 0) is 68.4 Å². The normalized spacial score (nSPS) is 11.4. The molecule has 0 spiro atoms. The van der Waals surface area contributed by atoms with Crippen LogP contribution in [0.3, 0.4) is 0 Å². The highest BCUT2D eigenvalue weighted by molar-refractivity contribution is 6.36. The van der Waals surface area contributed by atoms with E-state index in [1.54, 1.807) is 53.4 Å². The van der Waals surface area contributed by atoms with Gasteiger partial charge in [-0.2, -0.15) is 0 Å². The molecule has 0 bridgehead atoms.